The molecule has 0 aliphatic carbocycles. The Morgan fingerprint density at radius 3 is 2.56 bits per heavy atom. The van der Waals surface area contributed by atoms with E-state index in [0.717, 1.165) is 11.3 Å². The minimum absolute atomic E-state index is 0.203. The third-order valence-corrected chi connectivity index (χ3v) is 6.52. The van der Waals surface area contributed by atoms with Crippen LogP contribution in [0.25, 0.3) is 0 Å². The van der Waals surface area contributed by atoms with Crippen LogP contribution in [0.1, 0.15) is 17.3 Å². The average molecular weight is 374 g/mol. The maximum Gasteiger partial charge on any atom is 0.245 e. The fraction of sp³-hybridized carbons (Fsp3) is 0.167. The number of rotatable bonds is 3. The molecular formula is C18H16ClN3O2S. The van der Waals surface area contributed by atoms with Crippen LogP contribution in [0.3, 0.4) is 0 Å². The van der Waals surface area contributed by atoms with Gasteiger partial charge >= 0.3 is 0 Å². The summed E-state index contributed by atoms with van der Waals surface area (Å²) in [5.41, 5.74) is 1.83. The zero-order chi connectivity index (χ0) is 17.4. The first kappa shape index (κ1) is 16.3. The zero-order valence-electron chi connectivity index (χ0n) is 13.3. The number of aromatic nitrogens is 2. The molecule has 0 fully saturated rings. The molecule has 1 aliphatic rings. The van der Waals surface area contributed by atoms with Crippen LogP contribution in [-0.2, 0) is 16.6 Å². The summed E-state index contributed by atoms with van der Waals surface area (Å²) in [5.74, 6) is 0. The van der Waals surface area contributed by atoms with E-state index < -0.39 is 16.1 Å². The molecule has 128 valence electrons. The topological polar surface area (TPSA) is 55.2 Å². The molecule has 1 aliphatic heterocycles. The molecule has 1 aromatic carbocycles. The lowest BCUT2D eigenvalue weighted by atomic mass is 10.0. The smallest absolute Gasteiger partial charge is 0.245 e. The maximum atomic E-state index is 13.2. The number of hydrogen-bond donors (Lipinski definition) is 0. The Balaban J connectivity index is 1.85. The molecule has 3 heterocycles. The first-order valence-corrected chi connectivity index (χ1v) is 9.71. The van der Waals surface area contributed by atoms with E-state index in [0.29, 0.717) is 18.1 Å². The van der Waals surface area contributed by atoms with E-state index in [4.69, 9.17) is 11.6 Å². The van der Waals surface area contributed by atoms with E-state index >= 15 is 0 Å². The van der Waals surface area contributed by atoms with Crippen molar-refractivity contribution in [3.8, 4) is 0 Å². The van der Waals surface area contributed by atoms with Crippen LogP contribution < -0.4 is 0 Å². The van der Waals surface area contributed by atoms with Gasteiger partial charge in [0.25, 0.3) is 0 Å². The molecule has 7 heteroatoms. The molecule has 5 nitrogen and oxygen atoms in total. The third kappa shape index (κ3) is 2.86. The highest BCUT2D eigenvalue weighted by Gasteiger charge is 2.37. The van der Waals surface area contributed by atoms with Gasteiger partial charge in [0.15, 0.2) is 0 Å². The molecule has 25 heavy (non-hydrogen) atoms. The molecule has 0 unspecified atom stereocenters. The molecular weight excluding hydrogens is 358 g/mol. The van der Waals surface area contributed by atoms with Crippen LogP contribution in [0.5, 0.6) is 0 Å². The Hall–Kier alpha value is -2.15. The Kier molecular flexibility index (Phi) is 4.11. The van der Waals surface area contributed by atoms with Gasteiger partial charge in [-0.15, -0.1) is 0 Å². The number of hydrogen-bond acceptors (Lipinski definition) is 3. The van der Waals surface area contributed by atoms with Gasteiger partial charge < -0.3 is 4.57 Å². The quantitative estimate of drug-likeness (QED) is 0.707. The number of benzene rings is 1. The molecule has 0 amide bonds. The summed E-state index contributed by atoms with van der Waals surface area (Å²) in [5, 5.41) is 0.622. The second-order valence-corrected chi connectivity index (χ2v) is 8.21. The number of sulfonamides is 1. The SMILES string of the molecule is O=S(=O)(c1cccnc1)N1CCn2cccc2[C@@H]1c1ccc(Cl)cc1. The van der Waals surface area contributed by atoms with Gasteiger partial charge in [0.1, 0.15) is 4.90 Å². The summed E-state index contributed by atoms with van der Waals surface area (Å²) < 4.78 is 30.1. The Morgan fingerprint density at radius 2 is 1.84 bits per heavy atom. The van der Waals surface area contributed by atoms with Crippen molar-refractivity contribution in [1.29, 1.82) is 0 Å². The maximum absolute atomic E-state index is 13.2. The van der Waals surface area contributed by atoms with Crippen LogP contribution in [-0.4, -0.2) is 28.8 Å². The standard InChI is InChI=1S/C18H16ClN3O2S/c19-15-7-5-14(6-8-15)18-17-4-2-10-21(17)11-12-22(18)25(23,24)16-3-1-9-20-13-16/h1-10,13,18H,11-12H2/t18-/m0/s1. The largest absolute Gasteiger partial charge is 0.348 e. The first-order chi connectivity index (χ1) is 12.1. The summed E-state index contributed by atoms with van der Waals surface area (Å²) >= 11 is 6.01. The molecule has 2 aromatic heterocycles. The van der Waals surface area contributed by atoms with Gasteiger partial charge in [-0.3, -0.25) is 4.98 Å². The average Bonchev–Trinajstić information content (AvgIpc) is 3.11. The highest BCUT2D eigenvalue weighted by Crippen LogP contribution is 2.36. The monoisotopic (exact) mass is 373 g/mol. The van der Waals surface area contributed by atoms with Crippen LogP contribution in [0, 0.1) is 0 Å². The predicted molar refractivity (Wildman–Crippen MR) is 95.9 cm³/mol. The summed E-state index contributed by atoms with van der Waals surface area (Å²) in [7, 11) is -3.67. The van der Waals surface area contributed by atoms with Crippen LogP contribution in [0.4, 0.5) is 0 Å². The molecule has 0 saturated carbocycles. The fourth-order valence-corrected chi connectivity index (χ4v) is 4.91. The van der Waals surface area contributed by atoms with Crippen molar-refractivity contribution in [2.45, 2.75) is 17.5 Å². The fourth-order valence-electron chi connectivity index (χ4n) is 3.24. The number of fused-ring (bicyclic) bond motifs is 1. The highest BCUT2D eigenvalue weighted by atomic mass is 35.5. The predicted octanol–water partition coefficient (Wildman–Crippen LogP) is 3.33. The normalized spacial score (nSPS) is 18.0. The molecule has 3 aromatic rings. The van der Waals surface area contributed by atoms with Gasteiger partial charge in [0.2, 0.25) is 10.0 Å². The van der Waals surface area contributed by atoms with E-state index in [2.05, 4.69) is 9.55 Å². The Bertz CT molecular complexity index is 985. The Labute approximate surface area is 151 Å². The zero-order valence-corrected chi connectivity index (χ0v) is 14.9. The van der Waals surface area contributed by atoms with Gasteiger partial charge in [-0.2, -0.15) is 4.31 Å². The third-order valence-electron chi connectivity index (χ3n) is 4.42. The summed E-state index contributed by atoms with van der Waals surface area (Å²) in [6, 6.07) is 14.0. The van der Waals surface area contributed by atoms with Crippen molar-refractivity contribution >= 4 is 21.6 Å². The lowest BCUT2D eigenvalue weighted by Gasteiger charge is -2.36. The lowest BCUT2D eigenvalue weighted by Crippen LogP contribution is -2.42. The van der Waals surface area contributed by atoms with Gasteiger partial charge in [-0.25, -0.2) is 8.42 Å². The van der Waals surface area contributed by atoms with Gasteiger partial charge in [-0.05, 0) is 42.0 Å². The van der Waals surface area contributed by atoms with Crippen molar-refractivity contribution in [2.75, 3.05) is 6.54 Å². The van der Waals surface area contributed by atoms with Crippen LogP contribution in [0.2, 0.25) is 5.02 Å². The molecule has 4 rings (SSSR count). The van der Waals surface area contributed by atoms with Gasteiger partial charge in [0.05, 0.1) is 6.04 Å². The molecule has 1 atom stereocenters. The van der Waals surface area contributed by atoms with Crippen molar-refractivity contribution in [3.63, 3.8) is 0 Å². The number of pyridine rings is 1. The van der Waals surface area contributed by atoms with Gasteiger partial charge in [0, 0.05) is 42.4 Å². The molecule has 0 spiro atoms. The second kappa shape index (κ2) is 6.29. The van der Waals surface area contributed by atoms with Crippen molar-refractivity contribution in [1.82, 2.24) is 13.9 Å². The highest BCUT2D eigenvalue weighted by molar-refractivity contribution is 7.89. The van der Waals surface area contributed by atoms with E-state index in [1.54, 1.807) is 34.8 Å². The molecule has 0 saturated heterocycles. The summed E-state index contributed by atoms with van der Waals surface area (Å²) in [4.78, 5) is 4.16. The first-order valence-electron chi connectivity index (χ1n) is 7.90. The van der Waals surface area contributed by atoms with Crippen LogP contribution >= 0.6 is 11.6 Å². The lowest BCUT2D eigenvalue weighted by molar-refractivity contribution is 0.298. The van der Waals surface area contributed by atoms with Crippen molar-refractivity contribution in [2.24, 2.45) is 0 Å². The van der Waals surface area contributed by atoms with Crippen LogP contribution in [0.15, 0.2) is 72.0 Å². The van der Waals surface area contributed by atoms with E-state index in [1.165, 1.54) is 6.20 Å². The van der Waals surface area contributed by atoms with Crippen molar-refractivity contribution < 1.29 is 8.42 Å². The second-order valence-electron chi connectivity index (χ2n) is 5.89. The minimum atomic E-state index is -3.67. The van der Waals surface area contributed by atoms with E-state index in [-0.39, 0.29) is 4.90 Å². The number of halogens is 1. The van der Waals surface area contributed by atoms with Crippen molar-refractivity contribution in [3.05, 3.63) is 83.4 Å². The summed E-state index contributed by atoms with van der Waals surface area (Å²) in [6.45, 7) is 1.01. The van der Waals surface area contributed by atoms with E-state index in [9.17, 15) is 8.42 Å². The number of nitrogens with zero attached hydrogens (tertiary/aromatic N) is 3. The molecule has 0 radical (unpaired) electrons. The summed E-state index contributed by atoms with van der Waals surface area (Å²) in [6.07, 6.45) is 4.94. The van der Waals surface area contributed by atoms with E-state index in [1.807, 2.05) is 30.5 Å². The Morgan fingerprint density at radius 1 is 1.04 bits per heavy atom. The van der Waals surface area contributed by atoms with Gasteiger partial charge in [-0.1, -0.05) is 23.7 Å². The molecule has 0 N–H and O–H groups in total. The molecule has 0 bridgehead atoms. The minimum Gasteiger partial charge on any atom is -0.348 e.